The lowest BCUT2D eigenvalue weighted by Gasteiger charge is -2.14. The predicted octanol–water partition coefficient (Wildman–Crippen LogP) is 6.10. The Morgan fingerprint density at radius 2 is 1.33 bits per heavy atom. The van der Waals surface area contributed by atoms with E-state index in [1.165, 1.54) is 51.6 Å². The molecule has 0 radical (unpaired) electrons. The second-order valence-corrected chi connectivity index (χ2v) is 7.30. The highest BCUT2D eigenvalue weighted by atomic mass is 32.2. The predicted molar refractivity (Wildman–Crippen MR) is 107 cm³/mol. The Labute approximate surface area is 178 Å². The maximum atomic E-state index is 12.1. The molecule has 176 valence electrons. The van der Waals surface area contributed by atoms with Crippen molar-refractivity contribution in [3.05, 3.63) is 18.2 Å². The number of halogens is 6. The van der Waals surface area contributed by atoms with Gasteiger partial charge in [-0.05, 0) is 43.7 Å². The van der Waals surface area contributed by atoms with Crippen LogP contribution < -0.4 is 19.9 Å². The van der Waals surface area contributed by atoms with Gasteiger partial charge in [-0.25, -0.2) is 0 Å². The maximum Gasteiger partial charge on any atom is 0.422 e. The molecule has 1 fully saturated rings. The van der Waals surface area contributed by atoms with Gasteiger partial charge in [-0.3, -0.25) is 4.72 Å². The zero-order valence-corrected chi connectivity index (χ0v) is 18.0. The Bertz CT molecular complexity index is 555. The molecule has 0 aliphatic heterocycles. The Morgan fingerprint density at radius 3 is 1.73 bits per heavy atom. The van der Waals surface area contributed by atoms with Crippen molar-refractivity contribution in [2.24, 2.45) is 5.73 Å². The number of hydrogen-bond donors (Lipinski definition) is 2. The first-order valence-corrected chi connectivity index (χ1v) is 10.4. The van der Waals surface area contributed by atoms with Gasteiger partial charge in [-0.2, -0.15) is 26.3 Å². The van der Waals surface area contributed by atoms with E-state index in [0.29, 0.717) is 0 Å². The standard InChI is InChI=1S/C11H11F6NO2S.C6H12.C2H7N/c1-18-21-9-4-7(19-5-10(12,13)14)2-3-8(9)20-6-11(15,16)17;1-2-4-6-5-3-1;1-2-3/h2-4,18H,5-6H2,1H3;1-6H2;2-3H2,1H3. The summed E-state index contributed by atoms with van der Waals surface area (Å²) in [5.74, 6) is -0.226. The summed E-state index contributed by atoms with van der Waals surface area (Å²) in [6.45, 7) is -0.327. The maximum absolute atomic E-state index is 12.1. The van der Waals surface area contributed by atoms with Crippen LogP contribution in [0.25, 0.3) is 0 Å². The highest BCUT2D eigenvalue weighted by molar-refractivity contribution is 7.97. The molecular weight excluding hydrogens is 434 g/mol. The van der Waals surface area contributed by atoms with Gasteiger partial charge in [0, 0.05) is 0 Å². The Morgan fingerprint density at radius 1 is 0.900 bits per heavy atom. The van der Waals surface area contributed by atoms with Crippen LogP contribution in [0.5, 0.6) is 11.5 Å². The van der Waals surface area contributed by atoms with Gasteiger partial charge in [0.15, 0.2) is 13.2 Å². The number of alkyl halides is 6. The molecule has 1 aromatic carbocycles. The van der Waals surface area contributed by atoms with Crippen LogP contribution in [-0.4, -0.2) is 39.2 Å². The topological polar surface area (TPSA) is 56.5 Å². The van der Waals surface area contributed by atoms with Crippen LogP contribution >= 0.6 is 11.9 Å². The second-order valence-electron chi connectivity index (χ2n) is 6.25. The first-order valence-electron chi connectivity index (χ1n) is 9.59. The SMILES string of the molecule is C1CCCCC1.CCN.CNSc1cc(OCC(F)(F)F)ccc1OCC(F)(F)F. The summed E-state index contributed by atoms with van der Waals surface area (Å²) < 4.78 is 84.1. The lowest BCUT2D eigenvalue weighted by molar-refractivity contribution is -0.154. The van der Waals surface area contributed by atoms with Gasteiger partial charge in [0.2, 0.25) is 0 Å². The van der Waals surface area contributed by atoms with Gasteiger partial charge < -0.3 is 15.2 Å². The van der Waals surface area contributed by atoms with Crippen LogP contribution in [0.3, 0.4) is 0 Å². The minimum absolute atomic E-state index is 0.106. The van der Waals surface area contributed by atoms with Crippen molar-refractivity contribution in [2.75, 3.05) is 26.8 Å². The number of hydrogen-bond acceptors (Lipinski definition) is 5. The van der Waals surface area contributed by atoms with Crippen molar-refractivity contribution in [2.45, 2.75) is 62.7 Å². The Kier molecular flexibility index (Phi) is 14.8. The fourth-order valence-corrected chi connectivity index (χ4v) is 2.90. The lowest BCUT2D eigenvalue weighted by atomic mass is 10.0. The minimum atomic E-state index is -4.51. The summed E-state index contributed by atoms with van der Waals surface area (Å²) >= 11 is 0.896. The zero-order valence-electron chi connectivity index (χ0n) is 17.2. The Balaban J connectivity index is 0.000000771. The molecule has 0 unspecified atom stereocenters. The zero-order chi connectivity index (χ0) is 23.0. The van der Waals surface area contributed by atoms with Gasteiger partial charge in [0.1, 0.15) is 11.5 Å². The third kappa shape index (κ3) is 16.5. The van der Waals surface area contributed by atoms with E-state index in [0.717, 1.165) is 30.6 Å². The molecule has 1 aliphatic rings. The molecule has 0 amide bonds. The van der Waals surface area contributed by atoms with Crippen LogP contribution in [0.4, 0.5) is 26.3 Å². The molecule has 4 nitrogen and oxygen atoms in total. The van der Waals surface area contributed by atoms with E-state index in [1.807, 2.05) is 6.92 Å². The van der Waals surface area contributed by atoms with Crippen molar-refractivity contribution in [3.8, 4) is 11.5 Å². The fraction of sp³-hybridized carbons (Fsp3) is 0.684. The quantitative estimate of drug-likeness (QED) is 0.394. The van der Waals surface area contributed by atoms with Crippen LogP contribution in [-0.2, 0) is 0 Å². The van der Waals surface area contributed by atoms with Crippen LogP contribution in [0.1, 0.15) is 45.4 Å². The van der Waals surface area contributed by atoms with Gasteiger partial charge >= 0.3 is 12.4 Å². The van der Waals surface area contributed by atoms with Gasteiger partial charge in [-0.15, -0.1) is 0 Å². The first-order chi connectivity index (χ1) is 14.0. The van der Waals surface area contributed by atoms with Crippen molar-refractivity contribution < 1.29 is 35.8 Å². The van der Waals surface area contributed by atoms with E-state index in [-0.39, 0.29) is 16.4 Å². The molecule has 1 saturated carbocycles. The summed E-state index contributed by atoms with van der Waals surface area (Å²) in [5.41, 5.74) is 4.85. The molecule has 0 atom stereocenters. The number of nitrogens with one attached hydrogen (secondary N) is 1. The molecule has 1 aliphatic carbocycles. The van der Waals surface area contributed by atoms with Gasteiger partial charge in [0.05, 0.1) is 4.90 Å². The first kappa shape index (κ1) is 28.7. The van der Waals surface area contributed by atoms with E-state index in [4.69, 9.17) is 5.73 Å². The molecule has 3 N–H and O–H groups in total. The lowest BCUT2D eigenvalue weighted by Crippen LogP contribution is -2.20. The van der Waals surface area contributed by atoms with E-state index in [1.54, 1.807) is 0 Å². The molecule has 30 heavy (non-hydrogen) atoms. The summed E-state index contributed by atoms with van der Waals surface area (Å²) in [4.78, 5) is 0.182. The minimum Gasteiger partial charge on any atom is -0.484 e. The smallest absolute Gasteiger partial charge is 0.422 e. The highest BCUT2D eigenvalue weighted by Gasteiger charge is 2.30. The second kappa shape index (κ2) is 15.5. The van der Waals surface area contributed by atoms with Crippen molar-refractivity contribution in [1.82, 2.24) is 4.72 Å². The molecule has 0 spiro atoms. The molecule has 0 saturated heterocycles. The number of benzene rings is 1. The normalized spacial score (nSPS) is 14.0. The average molecular weight is 465 g/mol. The van der Waals surface area contributed by atoms with E-state index >= 15 is 0 Å². The molecule has 0 aromatic heterocycles. The molecular formula is C19H30F6N2O2S. The van der Waals surface area contributed by atoms with Crippen LogP contribution in [0.15, 0.2) is 23.1 Å². The molecule has 1 aromatic rings. The number of nitrogens with two attached hydrogens (primary N) is 1. The molecule has 11 heteroatoms. The molecule has 2 rings (SSSR count). The molecule has 0 bridgehead atoms. The highest BCUT2D eigenvalue weighted by Crippen LogP contribution is 2.33. The number of ether oxygens (including phenoxy) is 2. The van der Waals surface area contributed by atoms with E-state index in [2.05, 4.69) is 14.2 Å². The third-order valence-corrected chi connectivity index (χ3v) is 4.16. The fourth-order valence-electron chi connectivity index (χ4n) is 2.27. The third-order valence-electron chi connectivity index (χ3n) is 3.42. The van der Waals surface area contributed by atoms with Crippen molar-refractivity contribution in [3.63, 3.8) is 0 Å². The summed E-state index contributed by atoms with van der Waals surface area (Å²) in [7, 11) is 1.50. The summed E-state index contributed by atoms with van der Waals surface area (Å²) in [6.07, 6.45) is -0.00515. The monoisotopic (exact) mass is 464 g/mol. The van der Waals surface area contributed by atoms with Crippen molar-refractivity contribution in [1.29, 1.82) is 0 Å². The van der Waals surface area contributed by atoms with E-state index in [9.17, 15) is 26.3 Å². The van der Waals surface area contributed by atoms with Crippen molar-refractivity contribution >= 4 is 11.9 Å². The van der Waals surface area contributed by atoms with Crippen LogP contribution in [0, 0.1) is 0 Å². The van der Waals surface area contributed by atoms with Crippen LogP contribution in [0.2, 0.25) is 0 Å². The van der Waals surface area contributed by atoms with Gasteiger partial charge in [0.25, 0.3) is 0 Å². The summed E-state index contributed by atoms with van der Waals surface area (Å²) in [6, 6.07) is 3.40. The number of rotatable bonds is 6. The largest absolute Gasteiger partial charge is 0.484 e. The molecule has 0 heterocycles. The Hall–Kier alpha value is -1.33. The van der Waals surface area contributed by atoms with E-state index < -0.39 is 25.6 Å². The summed E-state index contributed by atoms with van der Waals surface area (Å²) in [5, 5.41) is 0. The average Bonchev–Trinajstić information content (AvgIpc) is 2.67. The van der Waals surface area contributed by atoms with Gasteiger partial charge in [-0.1, -0.05) is 45.4 Å².